The maximum Gasteiger partial charge on any atom is 0.291 e. The first-order valence-corrected chi connectivity index (χ1v) is 8.70. The first-order valence-electron chi connectivity index (χ1n) is 8.70. The first kappa shape index (κ1) is 17.1. The van der Waals surface area contributed by atoms with Gasteiger partial charge in [0.2, 0.25) is 5.82 Å². The third-order valence-corrected chi connectivity index (χ3v) is 4.55. The minimum absolute atomic E-state index is 0.0712. The van der Waals surface area contributed by atoms with Crippen LogP contribution in [0.15, 0.2) is 42.7 Å². The van der Waals surface area contributed by atoms with Crippen molar-refractivity contribution in [2.24, 2.45) is 0 Å². The Labute approximate surface area is 147 Å². The summed E-state index contributed by atoms with van der Waals surface area (Å²) in [4.78, 5) is 20.8. The molecule has 1 amide bonds. The number of fused-ring (bicyclic) bond motifs is 1. The van der Waals surface area contributed by atoms with E-state index in [9.17, 15) is 4.79 Å². The zero-order valence-corrected chi connectivity index (χ0v) is 14.8. The molecule has 2 aromatic heterocycles. The molecule has 0 saturated heterocycles. The summed E-state index contributed by atoms with van der Waals surface area (Å²) in [6.45, 7) is 6.45. The second-order valence-electron chi connectivity index (χ2n) is 6.21. The molecule has 1 aromatic carbocycles. The molecule has 0 fully saturated rings. The van der Waals surface area contributed by atoms with Gasteiger partial charge in [0.05, 0.1) is 6.04 Å². The van der Waals surface area contributed by atoms with Crippen molar-refractivity contribution < 1.29 is 4.79 Å². The molecule has 0 unspecified atom stereocenters. The zero-order chi connectivity index (χ0) is 17.8. The van der Waals surface area contributed by atoms with Gasteiger partial charge in [-0.1, -0.05) is 45.0 Å². The predicted octanol–water partition coefficient (Wildman–Crippen LogP) is 3.52. The summed E-state index contributed by atoms with van der Waals surface area (Å²) in [5, 5.41) is 7.19. The van der Waals surface area contributed by atoms with Crippen molar-refractivity contribution in [1.82, 2.24) is 24.9 Å². The van der Waals surface area contributed by atoms with E-state index in [-0.39, 0.29) is 17.8 Å². The van der Waals surface area contributed by atoms with Crippen molar-refractivity contribution in [3.05, 3.63) is 59.7 Å². The van der Waals surface area contributed by atoms with E-state index >= 15 is 0 Å². The largest absolute Gasteiger partial charge is 0.342 e. The number of rotatable bonds is 6. The molecule has 6 heteroatoms. The monoisotopic (exact) mass is 337 g/mol. The van der Waals surface area contributed by atoms with Gasteiger partial charge in [-0.15, -0.1) is 5.10 Å². The fourth-order valence-corrected chi connectivity index (χ4v) is 2.77. The fraction of sp³-hybridized carbons (Fsp3) is 0.368. The molecule has 0 saturated carbocycles. The van der Waals surface area contributed by atoms with Crippen molar-refractivity contribution >= 4 is 11.7 Å². The Bertz CT molecular complexity index is 823. The predicted molar refractivity (Wildman–Crippen MR) is 96.4 cm³/mol. The average molecular weight is 337 g/mol. The van der Waals surface area contributed by atoms with Crippen molar-refractivity contribution in [2.75, 3.05) is 0 Å². The highest BCUT2D eigenvalue weighted by atomic mass is 16.2. The summed E-state index contributed by atoms with van der Waals surface area (Å²) in [7, 11) is 0. The van der Waals surface area contributed by atoms with Crippen LogP contribution in [0.3, 0.4) is 0 Å². The molecule has 3 aromatic rings. The highest BCUT2D eigenvalue weighted by Crippen LogP contribution is 2.23. The Kier molecular flexibility index (Phi) is 5.07. The summed E-state index contributed by atoms with van der Waals surface area (Å²) in [5.41, 5.74) is 2.41. The zero-order valence-electron chi connectivity index (χ0n) is 14.8. The van der Waals surface area contributed by atoms with Gasteiger partial charge in [0, 0.05) is 12.4 Å². The molecule has 0 aliphatic heterocycles. The molecule has 0 spiro atoms. The van der Waals surface area contributed by atoms with Crippen LogP contribution < -0.4 is 5.32 Å². The third-order valence-electron chi connectivity index (χ3n) is 4.55. The van der Waals surface area contributed by atoms with E-state index in [0.717, 1.165) is 18.4 Å². The van der Waals surface area contributed by atoms with E-state index in [2.05, 4.69) is 58.5 Å². The molecule has 0 aliphatic carbocycles. The van der Waals surface area contributed by atoms with Crippen LogP contribution in [0.25, 0.3) is 5.78 Å². The van der Waals surface area contributed by atoms with E-state index < -0.39 is 0 Å². The van der Waals surface area contributed by atoms with E-state index in [1.54, 1.807) is 18.5 Å². The molecule has 3 rings (SSSR count). The van der Waals surface area contributed by atoms with Crippen molar-refractivity contribution in [1.29, 1.82) is 0 Å². The minimum atomic E-state index is -0.289. The number of hydrogen-bond acceptors (Lipinski definition) is 4. The number of nitrogens with one attached hydrogen (secondary N) is 1. The summed E-state index contributed by atoms with van der Waals surface area (Å²) in [6.07, 6.45) is 5.25. The summed E-state index contributed by atoms with van der Waals surface area (Å²) < 4.78 is 1.50. The lowest BCUT2D eigenvalue weighted by Crippen LogP contribution is -2.29. The maximum atomic E-state index is 12.5. The van der Waals surface area contributed by atoms with Gasteiger partial charge in [-0.3, -0.25) is 4.79 Å². The lowest BCUT2D eigenvalue weighted by atomic mass is 9.95. The van der Waals surface area contributed by atoms with Gasteiger partial charge in [0.25, 0.3) is 11.7 Å². The molecule has 2 atom stereocenters. The van der Waals surface area contributed by atoms with Crippen LogP contribution in [0, 0.1) is 0 Å². The second kappa shape index (κ2) is 7.42. The SMILES string of the molecule is CC[C@@H](C)c1ccc([C@H](CC)NC(=O)c2nc3ncccn3n2)cc1. The van der Waals surface area contributed by atoms with Crippen LogP contribution in [0.4, 0.5) is 0 Å². The summed E-state index contributed by atoms with van der Waals surface area (Å²) in [6, 6.07) is 10.1. The Morgan fingerprint density at radius 2 is 1.88 bits per heavy atom. The number of benzene rings is 1. The number of carbonyl (C=O) groups excluding carboxylic acids is 1. The highest BCUT2D eigenvalue weighted by molar-refractivity contribution is 5.91. The molecular weight excluding hydrogens is 314 g/mol. The molecular formula is C19H23N5O. The molecule has 0 bridgehead atoms. The minimum Gasteiger partial charge on any atom is -0.342 e. The van der Waals surface area contributed by atoms with Crippen molar-refractivity contribution in [3.63, 3.8) is 0 Å². The molecule has 25 heavy (non-hydrogen) atoms. The van der Waals surface area contributed by atoms with Gasteiger partial charge < -0.3 is 5.32 Å². The van der Waals surface area contributed by atoms with E-state index in [4.69, 9.17) is 0 Å². The van der Waals surface area contributed by atoms with E-state index in [0.29, 0.717) is 11.7 Å². The maximum absolute atomic E-state index is 12.5. The molecule has 1 N–H and O–H groups in total. The van der Waals surface area contributed by atoms with Crippen molar-refractivity contribution in [2.45, 2.75) is 45.6 Å². The lowest BCUT2D eigenvalue weighted by Gasteiger charge is -2.18. The first-order chi connectivity index (χ1) is 12.1. The molecule has 6 nitrogen and oxygen atoms in total. The van der Waals surface area contributed by atoms with Gasteiger partial charge >= 0.3 is 0 Å². The van der Waals surface area contributed by atoms with Gasteiger partial charge in [-0.05, 0) is 36.0 Å². The van der Waals surface area contributed by atoms with Crippen molar-refractivity contribution in [3.8, 4) is 0 Å². The number of nitrogens with zero attached hydrogens (tertiary/aromatic N) is 4. The van der Waals surface area contributed by atoms with Crippen LogP contribution >= 0.6 is 0 Å². The Balaban J connectivity index is 1.75. The van der Waals surface area contributed by atoms with E-state index in [1.165, 1.54) is 10.1 Å². The van der Waals surface area contributed by atoms with Crippen LogP contribution in [-0.2, 0) is 0 Å². The topological polar surface area (TPSA) is 72.2 Å². The van der Waals surface area contributed by atoms with Gasteiger partial charge in [-0.25, -0.2) is 9.50 Å². The number of amides is 1. The normalized spacial score (nSPS) is 13.6. The number of carbonyl (C=O) groups is 1. The number of hydrogen-bond donors (Lipinski definition) is 1. The molecule has 0 aliphatic rings. The van der Waals surface area contributed by atoms with Crippen LogP contribution in [0.5, 0.6) is 0 Å². The molecule has 130 valence electrons. The fourth-order valence-electron chi connectivity index (χ4n) is 2.77. The summed E-state index contributed by atoms with van der Waals surface area (Å²) in [5.74, 6) is 0.800. The van der Waals surface area contributed by atoms with Gasteiger partial charge in [0.15, 0.2) is 0 Å². The number of aromatic nitrogens is 4. The van der Waals surface area contributed by atoms with Crippen LogP contribution in [-0.4, -0.2) is 25.5 Å². The highest BCUT2D eigenvalue weighted by Gasteiger charge is 2.18. The van der Waals surface area contributed by atoms with Gasteiger partial charge in [0.1, 0.15) is 0 Å². The van der Waals surface area contributed by atoms with Gasteiger partial charge in [-0.2, -0.15) is 4.98 Å². The Hall–Kier alpha value is -2.76. The third kappa shape index (κ3) is 3.68. The Morgan fingerprint density at radius 1 is 1.16 bits per heavy atom. The molecule has 2 heterocycles. The van der Waals surface area contributed by atoms with E-state index in [1.807, 2.05) is 6.92 Å². The standard InChI is InChI=1S/C19H23N5O/c1-4-13(3)14-7-9-15(10-8-14)16(5-2)21-18(25)17-22-19-20-11-6-12-24(19)23-17/h6-13,16H,4-5H2,1-3H3,(H,21,25)/t13-,16+/m1/s1. The van der Waals surface area contributed by atoms with Crippen LogP contribution in [0.1, 0.15) is 67.3 Å². The van der Waals surface area contributed by atoms with Crippen LogP contribution in [0.2, 0.25) is 0 Å². The second-order valence-corrected chi connectivity index (χ2v) is 6.21. The molecule has 0 radical (unpaired) electrons. The quantitative estimate of drug-likeness (QED) is 0.747. The Morgan fingerprint density at radius 3 is 2.52 bits per heavy atom. The summed E-state index contributed by atoms with van der Waals surface area (Å²) >= 11 is 0. The smallest absolute Gasteiger partial charge is 0.291 e. The lowest BCUT2D eigenvalue weighted by molar-refractivity contribution is 0.0925. The average Bonchev–Trinajstić information content (AvgIpc) is 3.10.